The van der Waals surface area contributed by atoms with Gasteiger partial charge in [0.2, 0.25) is 0 Å². The number of hydrogen-bond donors (Lipinski definition) is 2. The average Bonchev–Trinajstić information content (AvgIpc) is 3.17. The molecule has 0 saturated carbocycles. The molecule has 0 unspecified atom stereocenters. The molecule has 2 N–H and O–H groups in total. The van der Waals surface area contributed by atoms with Gasteiger partial charge in [-0.2, -0.15) is 0 Å². The highest BCUT2D eigenvalue weighted by Gasteiger charge is 2.28. The van der Waals surface area contributed by atoms with Gasteiger partial charge in [-0.05, 0) is 75.5 Å². The Morgan fingerprint density at radius 3 is 2.12 bits per heavy atom. The number of carbonyl (C=O) groups is 2. The zero-order chi connectivity index (χ0) is 23.8. The number of aromatic nitrogens is 1. The van der Waals surface area contributed by atoms with Crippen LogP contribution in [-0.4, -0.2) is 54.5 Å². The molecule has 0 spiro atoms. The molecule has 3 heterocycles. The van der Waals surface area contributed by atoms with E-state index in [1.54, 1.807) is 12.3 Å². The van der Waals surface area contributed by atoms with Crippen LogP contribution in [0, 0.1) is 13.8 Å². The Morgan fingerprint density at radius 2 is 1.44 bits per heavy atom. The summed E-state index contributed by atoms with van der Waals surface area (Å²) >= 11 is 0. The van der Waals surface area contributed by atoms with Crippen LogP contribution in [-0.2, 0) is 4.79 Å². The first-order valence-corrected chi connectivity index (χ1v) is 11.6. The third-order valence-electron chi connectivity index (χ3n) is 6.66. The predicted molar refractivity (Wildman–Crippen MR) is 135 cm³/mol. The fraction of sp³-hybridized carbons (Fsp3) is 0.259. The zero-order valence-corrected chi connectivity index (χ0v) is 19.8. The van der Waals surface area contributed by atoms with Gasteiger partial charge < -0.3 is 19.7 Å². The molecule has 174 valence electrons. The maximum Gasteiger partial charge on any atom is 0.260 e. The standard InChI is InChI=1S/C27H29N5O2/c1-18-4-5-19(2)32(18)22-10-11-23-24(16-22)25(27(34)29-26(23)33)17-28-20-6-8-21(9-7-20)31-14-12-30(3)13-15-31/h4-11,16-17,28H,12-15H2,1-3H3,(H,29,33,34). The maximum absolute atomic E-state index is 12.7. The lowest BCUT2D eigenvalue weighted by Crippen LogP contribution is -2.44. The Balaban J connectivity index is 1.42. The maximum atomic E-state index is 12.7. The van der Waals surface area contributed by atoms with Crippen LogP contribution < -0.4 is 15.5 Å². The number of carbonyl (C=O) groups excluding carboxylic acids is 2. The largest absolute Gasteiger partial charge is 0.369 e. The molecule has 2 aliphatic heterocycles. The summed E-state index contributed by atoms with van der Waals surface area (Å²) in [7, 11) is 2.15. The highest BCUT2D eigenvalue weighted by molar-refractivity contribution is 6.31. The molecular formula is C27H29N5O2. The number of piperazine rings is 1. The molecule has 0 bridgehead atoms. The lowest BCUT2D eigenvalue weighted by Gasteiger charge is -2.34. The van der Waals surface area contributed by atoms with E-state index in [2.05, 4.69) is 56.3 Å². The predicted octanol–water partition coefficient (Wildman–Crippen LogP) is 3.57. The van der Waals surface area contributed by atoms with Crippen molar-refractivity contribution in [3.8, 4) is 5.69 Å². The van der Waals surface area contributed by atoms with Crippen LogP contribution in [0.2, 0.25) is 0 Å². The summed E-state index contributed by atoms with van der Waals surface area (Å²) in [4.78, 5) is 29.9. The summed E-state index contributed by atoms with van der Waals surface area (Å²) in [6, 6.07) is 17.9. The molecule has 1 aromatic heterocycles. The molecule has 5 rings (SSSR count). The summed E-state index contributed by atoms with van der Waals surface area (Å²) in [5.41, 5.74) is 6.72. The zero-order valence-electron chi connectivity index (χ0n) is 19.8. The van der Waals surface area contributed by atoms with Gasteiger partial charge in [0, 0.05) is 72.0 Å². The van der Waals surface area contributed by atoms with Crippen molar-refractivity contribution in [2.45, 2.75) is 13.8 Å². The molecule has 34 heavy (non-hydrogen) atoms. The van der Waals surface area contributed by atoms with E-state index < -0.39 is 5.91 Å². The van der Waals surface area contributed by atoms with Gasteiger partial charge in [-0.1, -0.05) is 0 Å². The van der Waals surface area contributed by atoms with Crippen molar-refractivity contribution in [1.29, 1.82) is 0 Å². The van der Waals surface area contributed by atoms with Gasteiger partial charge >= 0.3 is 0 Å². The molecule has 7 heteroatoms. The van der Waals surface area contributed by atoms with Crippen LogP contribution >= 0.6 is 0 Å². The number of nitrogens with zero attached hydrogens (tertiary/aromatic N) is 3. The number of anilines is 2. The third kappa shape index (κ3) is 4.10. The normalized spacial score (nSPS) is 17.6. The minimum Gasteiger partial charge on any atom is -0.369 e. The Kier molecular flexibility index (Phi) is 5.71. The van der Waals surface area contributed by atoms with Crippen molar-refractivity contribution in [3.63, 3.8) is 0 Å². The van der Waals surface area contributed by atoms with Gasteiger partial charge in [-0.15, -0.1) is 0 Å². The number of fused-ring (bicyclic) bond motifs is 1. The highest BCUT2D eigenvalue weighted by Crippen LogP contribution is 2.28. The van der Waals surface area contributed by atoms with Crippen LogP contribution in [0.1, 0.15) is 27.3 Å². The van der Waals surface area contributed by atoms with Crippen molar-refractivity contribution in [1.82, 2.24) is 14.8 Å². The number of likely N-dealkylation sites (N-methyl/N-ethyl adjacent to an activating group) is 1. The number of aryl methyl sites for hydroxylation is 2. The molecule has 0 radical (unpaired) electrons. The number of rotatable bonds is 4. The minimum absolute atomic E-state index is 0.374. The van der Waals surface area contributed by atoms with Crippen molar-refractivity contribution in [2.24, 2.45) is 0 Å². The van der Waals surface area contributed by atoms with E-state index in [0.717, 1.165) is 48.9 Å². The van der Waals surface area contributed by atoms with Crippen LogP contribution in [0.3, 0.4) is 0 Å². The number of imide groups is 1. The summed E-state index contributed by atoms with van der Waals surface area (Å²) < 4.78 is 2.11. The van der Waals surface area contributed by atoms with Gasteiger partial charge in [0.25, 0.3) is 11.8 Å². The van der Waals surface area contributed by atoms with Crippen LogP contribution in [0.25, 0.3) is 11.3 Å². The SMILES string of the molecule is Cc1ccc(C)n1-c1ccc2c(c1)C(=CNc1ccc(N3CCN(C)CC3)cc1)C(=O)NC2=O. The molecule has 1 fully saturated rings. The minimum atomic E-state index is -0.405. The Morgan fingerprint density at radius 1 is 0.794 bits per heavy atom. The Labute approximate surface area is 199 Å². The van der Waals surface area contributed by atoms with E-state index in [0.29, 0.717) is 16.7 Å². The molecule has 2 amide bonds. The topological polar surface area (TPSA) is 69.6 Å². The summed E-state index contributed by atoms with van der Waals surface area (Å²) in [6.07, 6.45) is 1.69. The van der Waals surface area contributed by atoms with Crippen LogP contribution in [0.15, 0.2) is 60.8 Å². The first-order chi connectivity index (χ1) is 16.4. The molecule has 2 aliphatic rings. The van der Waals surface area contributed by atoms with E-state index in [9.17, 15) is 9.59 Å². The van der Waals surface area contributed by atoms with Crippen molar-refractivity contribution in [3.05, 3.63) is 83.3 Å². The lowest BCUT2D eigenvalue weighted by molar-refractivity contribution is -0.114. The summed E-state index contributed by atoms with van der Waals surface area (Å²) in [6.45, 7) is 8.22. The Hall–Kier alpha value is -3.84. The fourth-order valence-electron chi connectivity index (χ4n) is 4.66. The van der Waals surface area contributed by atoms with Gasteiger partial charge in [-0.25, -0.2) is 0 Å². The van der Waals surface area contributed by atoms with E-state index in [1.807, 2.05) is 38.1 Å². The first kappa shape index (κ1) is 22.0. The van der Waals surface area contributed by atoms with Crippen LogP contribution in [0.5, 0.6) is 0 Å². The second kappa shape index (κ2) is 8.83. The second-order valence-corrected chi connectivity index (χ2v) is 9.00. The van der Waals surface area contributed by atoms with Crippen molar-refractivity contribution < 1.29 is 9.59 Å². The molecular weight excluding hydrogens is 426 g/mol. The number of benzene rings is 2. The molecule has 7 nitrogen and oxygen atoms in total. The number of hydrogen-bond acceptors (Lipinski definition) is 5. The van der Waals surface area contributed by atoms with Gasteiger partial charge in [0.15, 0.2) is 0 Å². The average molecular weight is 456 g/mol. The van der Waals surface area contributed by atoms with Crippen LogP contribution in [0.4, 0.5) is 11.4 Å². The highest BCUT2D eigenvalue weighted by atomic mass is 16.2. The quantitative estimate of drug-likeness (QED) is 0.465. The number of amides is 2. The smallest absolute Gasteiger partial charge is 0.260 e. The van der Waals surface area contributed by atoms with E-state index in [4.69, 9.17) is 0 Å². The van der Waals surface area contributed by atoms with E-state index in [1.165, 1.54) is 5.69 Å². The monoisotopic (exact) mass is 455 g/mol. The molecule has 1 saturated heterocycles. The third-order valence-corrected chi connectivity index (χ3v) is 6.66. The first-order valence-electron chi connectivity index (χ1n) is 11.6. The fourth-order valence-corrected chi connectivity index (χ4v) is 4.66. The van der Waals surface area contributed by atoms with Crippen molar-refractivity contribution in [2.75, 3.05) is 43.4 Å². The van der Waals surface area contributed by atoms with Crippen molar-refractivity contribution >= 4 is 28.8 Å². The van der Waals surface area contributed by atoms with Gasteiger partial charge in [0.05, 0.1) is 5.57 Å². The van der Waals surface area contributed by atoms with E-state index in [-0.39, 0.29) is 5.91 Å². The number of nitrogens with one attached hydrogen (secondary N) is 2. The van der Waals surface area contributed by atoms with Gasteiger partial charge in [0.1, 0.15) is 0 Å². The summed E-state index contributed by atoms with van der Waals surface area (Å²) in [5.74, 6) is -0.779. The van der Waals surface area contributed by atoms with Gasteiger partial charge in [-0.3, -0.25) is 14.9 Å². The molecule has 0 aliphatic carbocycles. The summed E-state index contributed by atoms with van der Waals surface area (Å²) in [5, 5.41) is 5.70. The second-order valence-electron chi connectivity index (χ2n) is 9.00. The molecule has 0 atom stereocenters. The Bertz CT molecular complexity index is 1260. The molecule has 3 aromatic rings. The van der Waals surface area contributed by atoms with E-state index >= 15 is 0 Å². The molecule has 2 aromatic carbocycles. The lowest BCUT2D eigenvalue weighted by atomic mass is 9.94.